The van der Waals surface area contributed by atoms with Crippen molar-refractivity contribution in [1.29, 1.82) is 5.26 Å². The number of hydrogen-bond donors (Lipinski definition) is 1. The number of pyridine rings is 1. The van der Waals surface area contributed by atoms with Crippen LogP contribution in [0.4, 0.5) is 19.0 Å². The molecule has 1 aromatic rings. The number of nitriles is 1. The summed E-state index contributed by atoms with van der Waals surface area (Å²) in [6.45, 7) is 1.01. The maximum Gasteiger partial charge on any atom is 0.433 e. The molecule has 1 aliphatic heterocycles. The molecule has 4 nitrogen and oxygen atoms in total. The van der Waals surface area contributed by atoms with E-state index in [9.17, 15) is 13.2 Å². The van der Waals surface area contributed by atoms with Crippen molar-refractivity contribution in [3.63, 3.8) is 0 Å². The smallest absolute Gasteiger partial charge is 0.376 e. The van der Waals surface area contributed by atoms with Crippen LogP contribution in [-0.4, -0.2) is 24.2 Å². The summed E-state index contributed by atoms with van der Waals surface area (Å²) >= 11 is 0. The lowest BCUT2D eigenvalue weighted by Gasteiger charge is -2.23. The van der Waals surface area contributed by atoms with Gasteiger partial charge in [-0.1, -0.05) is 0 Å². The zero-order valence-electron chi connectivity index (χ0n) is 10.7. The van der Waals surface area contributed by atoms with E-state index in [1.165, 1.54) is 0 Å². The Balaban J connectivity index is 2.10. The molecule has 1 aromatic heterocycles. The lowest BCUT2D eigenvalue weighted by Crippen LogP contribution is -2.27. The highest BCUT2D eigenvalue weighted by Gasteiger charge is 2.33. The molecular weight excluding hydrogens is 271 g/mol. The lowest BCUT2D eigenvalue weighted by molar-refractivity contribution is -0.141. The first-order valence-corrected chi connectivity index (χ1v) is 6.34. The van der Waals surface area contributed by atoms with Gasteiger partial charge in [0.25, 0.3) is 0 Å². The molecule has 1 saturated heterocycles. The minimum Gasteiger partial charge on any atom is -0.376 e. The number of halogens is 3. The average Bonchev–Trinajstić information content (AvgIpc) is 2.45. The molecule has 0 saturated carbocycles. The van der Waals surface area contributed by atoms with Crippen LogP contribution in [0.25, 0.3) is 0 Å². The fourth-order valence-electron chi connectivity index (χ4n) is 2.02. The summed E-state index contributed by atoms with van der Waals surface area (Å²) in [5.41, 5.74) is -0.919. The summed E-state index contributed by atoms with van der Waals surface area (Å²) in [6, 6.07) is 3.76. The molecule has 2 heterocycles. The first kappa shape index (κ1) is 14.6. The number of anilines is 1. The summed E-state index contributed by atoms with van der Waals surface area (Å²) < 4.78 is 43.3. The van der Waals surface area contributed by atoms with Crippen molar-refractivity contribution in [2.45, 2.75) is 31.5 Å². The van der Waals surface area contributed by atoms with Gasteiger partial charge in [0.15, 0.2) is 0 Å². The molecule has 1 N–H and O–H groups in total. The third-order valence-electron chi connectivity index (χ3n) is 3.08. The molecule has 108 valence electrons. The molecule has 0 aromatic carbocycles. The van der Waals surface area contributed by atoms with Gasteiger partial charge in [0.2, 0.25) is 0 Å². The van der Waals surface area contributed by atoms with E-state index in [-0.39, 0.29) is 17.5 Å². The van der Waals surface area contributed by atoms with Crippen molar-refractivity contribution >= 4 is 5.82 Å². The molecule has 1 aliphatic rings. The van der Waals surface area contributed by atoms with Gasteiger partial charge >= 0.3 is 6.18 Å². The maximum absolute atomic E-state index is 12.6. The van der Waals surface area contributed by atoms with Gasteiger partial charge < -0.3 is 10.1 Å². The predicted octanol–water partition coefficient (Wildman–Crippen LogP) is 2.95. The van der Waals surface area contributed by atoms with Crippen molar-refractivity contribution in [2.24, 2.45) is 0 Å². The normalized spacial score (nSPS) is 19.4. The zero-order chi connectivity index (χ0) is 14.6. The van der Waals surface area contributed by atoms with E-state index in [0.717, 1.165) is 31.4 Å². The fraction of sp³-hybridized carbons (Fsp3) is 0.538. The fourth-order valence-corrected chi connectivity index (χ4v) is 2.02. The number of nitrogens with zero attached hydrogens (tertiary/aromatic N) is 2. The van der Waals surface area contributed by atoms with Crippen molar-refractivity contribution in [2.75, 3.05) is 18.5 Å². The van der Waals surface area contributed by atoms with E-state index in [1.807, 2.05) is 6.07 Å². The Morgan fingerprint density at radius 1 is 1.40 bits per heavy atom. The average molecular weight is 285 g/mol. The van der Waals surface area contributed by atoms with Crippen LogP contribution in [0, 0.1) is 11.3 Å². The molecule has 1 atom stereocenters. The second kappa shape index (κ2) is 6.09. The summed E-state index contributed by atoms with van der Waals surface area (Å²) in [5.74, 6) is -0.0449. The van der Waals surface area contributed by atoms with Gasteiger partial charge in [0.05, 0.1) is 11.7 Å². The second-order valence-electron chi connectivity index (χ2n) is 4.57. The van der Waals surface area contributed by atoms with Crippen molar-refractivity contribution in [3.8, 4) is 6.07 Å². The van der Waals surface area contributed by atoms with Crippen LogP contribution in [0.5, 0.6) is 0 Å². The molecule has 0 radical (unpaired) electrons. The van der Waals surface area contributed by atoms with E-state index in [2.05, 4.69) is 10.3 Å². The third-order valence-corrected chi connectivity index (χ3v) is 3.08. The van der Waals surface area contributed by atoms with Gasteiger partial charge in [-0.3, -0.25) is 0 Å². The van der Waals surface area contributed by atoms with Gasteiger partial charge in [0.1, 0.15) is 17.6 Å². The van der Waals surface area contributed by atoms with E-state index >= 15 is 0 Å². The van der Waals surface area contributed by atoms with Gasteiger partial charge in [-0.25, -0.2) is 4.98 Å². The first-order chi connectivity index (χ1) is 9.50. The summed E-state index contributed by atoms with van der Waals surface area (Å²) in [6.07, 6.45) is -1.68. The van der Waals surface area contributed by atoms with Crippen LogP contribution < -0.4 is 5.32 Å². The highest BCUT2D eigenvalue weighted by Crippen LogP contribution is 2.29. The predicted molar refractivity (Wildman–Crippen MR) is 66.0 cm³/mol. The monoisotopic (exact) mass is 285 g/mol. The Kier molecular flexibility index (Phi) is 4.45. The summed E-state index contributed by atoms with van der Waals surface area (Å²) in [4.78, 5) is 3.49. The van der Waals surface area contributed by atoms with Crippen molar-refractivity contribution in [3.05, 3.63) is 23.4 Å². The first-order valence-electron chi connectivity index (χ1n) is 6.34. The van der Waals surface area contributed by atoms with E-state index in [4.69, 9.17) is 10.00 Å². The van der Waals surface area contributed by atoms with Gasteiger partial charge in [-0.2, -0.15) is 18.4 Å². The van der Waals surface area contributed by atoms with E-state index in [0.29, 0.717) is 13.2 Å². The number of hydrogen-bond acceptors (Lipinski definition) is 4. The summed E-state index contributed by atoms with van der Waals surface area (Å²) in [5, 5.41) is 11.7. The molecular formula is C13H14F3N3O. The largest absolute Gasteiger partial charge is 0.433 e. The van der Waals surface area contributed by atoms with E-state index in [1.54, 1.807) is 0 Å². The number of nitrogens with one attached hydrogen (secondary N) is 1. The molecule has 1 unspecified atom stereocenters. The zero-order valence-corrected chi connectivity index (χ0v) is 10.7. The minimum absolute atomic E-state index is 0.0449. The number of rotatable bonds is 3. The number of ether oxygens (including phenoxy) is 1. The Morgan fingerprint density at radius 3 is 2.80 bits per heavy atom. The lowest BCUT2D eigenvalue weighted by atomic mass is 10.1. The Morgan fingerprint density at radius 2 is 2.20 bits per heavy atom. The molecule has 0 spiro atoms. The topological polar surface area (TPSA) is 57.9 Å². The summed E-state index contributed by atoms with van der Waals surface area (Å²) in [7, 11) is 0. The highest BCUT2D eigenvalue weighted by atomic mass is 19.4. The Bertz CT molecular complexity index is 505. The molecule has 1 fully saturated rings. The van der Waals surface area contributed by atoms with Gasteiger partial charge in [-0.05, 0) is 31.4 Å². The van der Waals surface area contributed by atoms with Crippen molar-refractivity contribution in [1.82, 2.24) is 4.98 Å². The minimum atomic E-state index is -4.52. The van der Waals surface area contributed by atoms with Crippen molar-refractivity contribution < 1.29 is 17.9 Å². The maximum atomic E-state index is 12.6. The van der Waals surface area contributed by atoms with Crippen LogP contribution in [-0.2, 0) is 10.9 Å². The Hall–Kier alpha value is -1.81. The second-order valence-corrected chi connectivity index (χ2v) is 4.57. The standard InChI is InChI=1S/C13H14F3N3O/c14-13(15,16)11-5-4-9(7-17)12(19-11)18-8-10-3-1-2-6-20-10/h4-5,10H,1-3,6,8H2,(H,18,19). The van der Waals surface area contributed by atoms with E-state index < -0.39 is 11.9 Å². The van der Waals surface area contributed by atoms with Gasteiger partial charge in [-0.15, -0.1) is 0 Å². The van der Waals surface area contributed by atoms with Crippen LogP contribution >= 0.6 is 0 Å². The molecule has 0 aliphatic carbocycles. The molecule has 2 rings (SSSR count). The quantitative estimate of drug-likeness (QED) is 0.927. The van der Waals surface area contributed by atoms with Crippen LogP contribution in [0.2, 0.25) is 0 Å². The highest BCUT2D eigenvalue weighted by molar-refractivity contribution is 5.52. The SMILES string of the molecule is N#Cc1ccc(C(F)(F)F)nc1NCC1CCCCO1. The molecule has 7 heteroatoms. The third kappa shape index (κ3) is 3.61. The molecule has 20 heavy (non-hydrogen) atoms. The Labute approximate surface area is 114 Å². The van der Waals surface area contributed by atoms with Crippen LogP contribution in [0.3, 0.4) is 0 Å². The number of alkyl halides is 3. The van der Waals surface area contributed by atoms with Crippen LogP contribution in [0.15, 0.2) is 12.1 Å². The molecule has 0 amide bonds. The number of aromatic nitrogens is 1. The van der Waals surface area contributed by atoms with Crippen LogP contribution in [0.1, 0.15) is 30.5 Å². The van der Waals surface area contributed by atoms with Gasteiger partial charge in [0, 0.05) is 13.2 Å². The molecule has 0 bridgehead atoms.